The van der Waals surface area contributed by atoms with Crippen molar-refractivity contribution in [1.29, 1.82) is 0 Å². The Hall–Kier alpha value is -3.61. The summed E-state index contributed by atoms with van der Waals surface area (Å²) in [6.07, 6.45) is -0.420. The van der Waals surface area contributed by atoms with Gasteiger partial charge >= 0.3 is 5.97 Å². The molecule has 0 spiro atoms. The molecule has 3 aromatic carbocycles. The minimum atomic E-state index is -1.12. The van der Waals surface area contributed by atoms with E-state index in [0.29, 0.717) is 41.3 Å². The topological polar surface area (TPSA) is 76.1 Å². The van der Waals surface area contributed by atoms with Gasteiger partial charge in [-0.05, 0) is 49.1 Å². The van der Waals surface area contributed by atoms with Crippen molar-refractivity contribution in [2.75, 3.05) is 18.1 Å². The summed E-state index contributed by atoms with van der Waals surface area (Å²) in [6, 6.07) is 11.7. The Morgan fingerprint density at radius 1 is 1.10 bits per heavy atom. The molecule has 1 N–H and O–H groups in total. The molecule has 0 radical (unpaired) electrons. The number of benzene rings is 3. The molecule has 3 aromatic rings. The number of carboxylic acid groups (broad SMARTS) is 1. The van der Waals surface area contributed by atoms with Crippen LogP contribution in [0.2, 0.25) is 0 Å². The number of hydrogen-bond donors (Lipinski definition) is 1. The van der Waals surface area contributed by atoms with Crippen molar-refractivity contribution in [2.24, 2.45) is 0 Å². The molecule has 31 heavy (non-hydrogen) atoms. The van der Waals surface area contributed by atoms with Gasteiger partial charge in [0.05, 0.1) is 31.7 Å². The maximum absolute atomic E-state index is 14.5. The first-order chi connectivity index (χ1) is 14.9. The Morgan fingerprint density at radius 3 is 2.52 bits per heavy atom. The summed E-state index contributed by atoms with van der Waals surface area (Å²) in [4.78, 5) is 25.9. The van der Waals surface area contributed by atoms with Crippen LogP contribution in [0.3, 0.4) is 0 Å². The first-order valence-corrected chi connectivity index (χ1v) is 10.1. The molecule has 1 heterocycles. The molecule has 0 fully saturated rings. The summed E-state index contributed by atoms with van der Waals surface area (Å²) in [7, 11) is 0. The number of amides is 1. The van der Waals surface area contributed by atoms with E-state index in [-0.39, 0.29) is 18.0 Å². The second-order valence-electron chi connectivity index (χ2n) is 7.19. The molecule has 4 rings (SSSR count). The maximum atomic E-state index is 14.5. The maximum Gasteiger partial charge on any atom is 0.307 e. The van der Waals surface area contributed by atoms with Crippen LogP contribution in [0, 0.1) is 5.82 Å². The van der Waals surface area contributed by atoms with Crippen LogP contribution in [0.4, 0.5) is 10.1 Å². The van der Waals surface area contributed by atoms with Gasteiger partial charge < -0.3 is 19.5 Å². The number of rotatable bonds is 7. The zero-order chi connectivity index (χ0) is 22.1. The molecule has 160 valence electrons. The number of hydrogen-bond acceptors (Lipinski definition) is 4. The fourth-order valence-corrected chi connectivity index (χ4v) is 3.98. The van der Waals surface area contributed by atoms with Crippen LogP contribution in [0.25, 0.3) is 10.8 Å². The highest BCUT2D eigenvalue weighted by Crippen LogP contribution is 2.42. The van der Waals surface area contributed by atoms with Gasteiger partial charge in [0, 0.05) is 16.6 Å². The summed E-state index contributed by atoms with van der Waals surface area (Å²) in [5, 5.41) is 10.5. The Bertz CT molecular complexity index is 1190. The predicted octanol–water partition coefficient (Wildman–Crippen LogP) is 4.56. The lowest BCUT2D eigenvalue weighted by Gasteiger charge is -2.17. The number of aliphatic carboxylic acids is 1. The third-order valence-electron chi connectivity index (χ3n) is 5.26. The molecule has 0 atom stereocenters. The smallest absolute Gasteiger partial charge is 0.307 e. The van der Waals surface area contributed by atoms with Crippen molar-refractivity contribution >= 4 is 28.3 Å². The third-order valence-corrected chi connectivity index (χ3v) is 5.26. The van der Waals surface area contributed by atoms with Crippen molar-refractivity contribution in [1.82, 2.24) is 0 Å². The molecule has 7 heteroatoms. The molecular formula is C24H22FNO5. The lowest BCUT2D eigenvalue weighted by molar-refractivity contribution is -0.136. The quantitative estimate of drug-likeness (QED) is 0.603. The lowest BCUT2D eigenvalue weighted by atomic mass is 9.98. The van der Waals surface area contributed by atoms with Gasteiger partial charge in [-0.2, -0.15) is 0 Å². The second kappa shape index (κ2) is 8.26. The van der Waals surface area contributed by atoms with E-state index in [1.807, 2.05) is 38.1 Å². The van der Waals surface area contributed by atoms with Crippen molar-refractivity contribution in [3.8, 4) is 11.5 Å². The van der Waals surface area contributed by atoms with E-state index in [0.717, 1.165) is 10.9 Å². The highest BCUT2D eigenvalue weighted by atomic mass is 19.1. The molecule has 0 saturated heterocycles. The van der Waals surface area contributed by atoms with Gasteiger partial charge in [0.1, 0.15) is 17.3 Å². The van der Waals surface area contributed by atoms with Crippen molar-refractivity contribution in [2.45, 2.75) is 26.8 Å². The van der Waals surface area contributed by atoms with Gasteiger partial charge in [-0.1, -0.05) is 18.2 Å². The molecule has 0 saturated carbocycles. The van der Waals surface area contributed by atoms with E-state index >= 15 is 0 Å². The first-order valence-electron chi connectivity index (χ1n) is 10.1. The molecule has 0 unspecified atom stereocenters. The van der Waals surface area contributed by atoms with Crippen molar-refractivity contribution in [3.05, 3.63) is 65.0 Å². The average molecular weight is 423 g/mol. The van der Waals surface area contributed by atoms with Gasteiger partial charge in [-0.25, -0.2) is 4.39 Å². The SMILES string of the molecule is CCOc1cc2cccc(OCC)c2c2c1CN(c1ccc(CC(=O)O)c(F)c1)C2=O. The minimum absolute atomic E-state index is 0.0690. The van der Waals surface area contributed by atoms with Gasteiger partial charge in [-0.3, -0.25) is 9.59 Å². The van der Waals surface area contributed by atoms with E-state index in [4.69, 9.17) is 14.6 Å². The average Bonchev–Trinajstić information content (AvgIpc) is 3.07. The fourth-order valence-electron chi connectivity index (χ4n) is 3.98. The number of anilines is 1. The van der Waals surface area contributed by atoms with Crippen molar-refractivity contribution < 1.29 is 28.6 Å². The van der Waals surface area contributed by atoms with E-state index in [1.165, 1.54) is 17.0 Å². The molecule has 1 aliphatic heterocycles. The summed E-state index contributed by atoms with van der Waals surface area (Å²) < 4.78 is 26.1. The van der Waals surface area contributed by atoms with Crippen LogP contribution in [0.15, 0.2) is 42.5 Å². The highest BCUT2D eigenvalue weighted by Gasteiger charge is 2.34. The summed E-state index contributed by atoms with van der Waals surface area (Å²) in [5.74, 6) is -0.838. The third kappa shape index (κ3) is 3.67. The summed E-state index contributed by atoms with van der Waals surface area (Å²) >= 11 is 0. The van der Waals surface area contributed by atoms with E-state index in [2.05, 4.69) is 0 Å². The largest absolute Gasteiger partial charge is 0.493 e. The van der Waals surface area contributed by atoms with Crippen LogP contribution in [-0.4, -0.2) is 30.2 Å². The van der Waals surface area contributed by atoms with Gasteiger partial charge in [0.25, 0.3) is 5.91 Å². The Labute approximate surface area is 178 Å². The van der Waals surface area contributed by atoms with E-state index in [1.54, 1.807) is 6.07 Å². The fraction of sp³-hybridized carbons (Fsp3) is 0.250. The number of ether oxygens (including phenoxy) is 2. The first kappa shape index (κ1) is 20.7. The molecular weight excluding hydrogens is 401 g/mol. The summed E-state index contributed by atoms with van der Waals surface area (Å²) in [5.41, 5.74) is 1.64. The predicted molar refractivity (Wildman–Crippen MR) is 115 cm³/mol. The highest BCUT2D eigenvalue weighted by molar-refractivity contribution is 6.19. The molecule has 1 aliphatic rings. The number of carbonyl (C=O) groups is 2. The molecule has 6 nitrogen and oxygen atoms in total. The van der Waals surface area contributed by atoms with E-state index in [9.17, 15) is 14.0 Å². The standard InChI is InChI=1S/C24H22FNO5/c1-3-30-19-7-5-6-15-10-20(31-4-2)17-13-26(24(29)23(17)22(15)19)16-9-8-14(11-21(27)28)18(25)12-16/h5-10,12H,3-4,11,13H2,1-2H3,(H,27,28). The van der Waals surface area contributed by atoms with Gasteiger partial charge in [0.2, 0.25) is 0 Å². The van der Waals surface area contributed by atoms with E-state index < -0.39 is 18.2 Å². The van der Waals surface area contributed by atoms with Crippen LogP contribution < -0.4 is 14.4 Å². The second-order valence-corrected chi connectivity index (χ2v) is 7.19. The monoisotopic (exact) mass is 423 g/mol. The Morgan fingerprint density at radius 2 is 1.84 bits per heavy atom. The lowest BCUT2D eigenvalue weighted by Crippen LogP contribution is -2.23. The number of carboxylic acids is 1. The van der Waals surface area contributed by atoms with Crippen molar-refractivity contribution in [3.63, 3.8) is 0 Å². The Balaban J connectivity index is 1.84. The number of nitrogens with zero attached hydrogens (tertiary/aromatic N) is 1. The number of halogens is 1. The molecule has 0 bridgehead atoms. The summed E-state index contributed by atoms with van der Waals surface area (Å²) in [6.45, 7) is 4.87. The zero-order valence-corrected chi connectivity index (χ0v) is 17.3. The number of carbonyl (C=O) groups excluding carboxylic acids is 1. The Kier molecular flexibility index (Phi) is 5.50. The van der Waals surface area contributed by atoms with Gasteiger partial charge in [0.15, 0.2) is 0 Å². The van der Waals surface area contributed by atoms with Crippen LogP contribution in [0.1, 0.15) is 35.3 Å². The minimum Gasteiger partial charge on any atom is -0.493 e. The van der Waals surface area contributed by atoms with Crippen LogP contribution in [-0.2, 0) is 17.8 Å². The van der Waals surface area contributed by atoms with Crippen LogP contribution >= 0.6 is 0 Å². The number of fused-ring (bicyclic) bond motifs is 3. The normalized spacial score (nSPS) is 12.9. The molecule has 1 amide bonds. The molecule has 0 aromatic heterocycles. The molecule has 0 aliphatic carbocycles. The van der Waals surface area contributed by atoms with Crippen LogP contribution in [0.5, 0.6) is 11.5 Å². The van der Waals surface area contributed by atoms with Gasteiger partial charge in [-0.15, -0.1) is 0 Å². The zero-order valence-electron chi connectivity index (χ0n) is 17.3.